The summed E-state index contributed by atoms with van der Waals surface area (Å²) in [6, 6.07) is 5.57. The van der Waals surface area contributed by atoms with Gasteiger partial charge in [-0.2, -0.15) is 5.26 Å². The molecule has 1 aromatic carbocycles. The highest BCUT2D eigenvalue weighted by molar-refractivity contribution is 14.1. The van der Waals surface area contributed by atoms with Crippen molar-refractivity contribution in [1.29, 1.82) is 5.26 Å². The van der Waals surface area contributed by atoms with Gasteiger partial charge in [0.2, 0.25) is 0 Å². The van der Waals surface area contributed by atoms with E-state index in [0.717, 1.165) is 9.13 Å². The number of Topliss-reactive ketones (excluding diaryl/α,β-unsaturated/α-hetero) is 1. The van der Waals surface area contributed by atoms with E-state index in [0.29, 0.717) is 11.1 Å². The number of halogens is 1. The fourth-order valence-electron chi connectivity index (χ4n) is 1.14. The van der Waals surface area contributed by atoms with Crippen LogP contribution in [0, 0.1) is 21.8 Å². The quantitative estimate of drug-likeness (QED) is 0.588. The average Bonchev–Trinajstić information content (AvgIpc) is 2.03. The maximum absolute atomic E-state index is 11.1. The summed E-state index contributed by atoms with van der Waals surface area (Å²) in [5.74, 6) is 0.00500. The Labute approximate surface area is 90.7 Å². The number of carbonyl (C=O) groups is 1. The first-order valence-electron chi connectivity index (χ1n) is 3.77. The monoisotopic (exact) mass is 285 g/mol. The van der Waals surface area contributed by atoms with Crippen molar-refractivity contribution >= 4 is 28.4 Å². The zero-order valence-electron chi connectivity index (χ0n) is 7.39. The van der Waals surface area contributed by atoms with Gasteiger partial charge in [0.15, 0.2) is 5.78 Å². The van der Waals surface area contributed by atoms with Crippen molar-refractivity contribution in [3.05, 3.63) is 32.4 Å². The second kappa shape index (κ2) is 3.88. The molecule has 66 valence electrons. The van der Waals surface area contributed by atoms with Crippen LogP contribution in [0.3, 0.4) is 0 Å². The van der Waals surface area contributed by atoms with Gasteiger partial charge in [0.05, 0.1) is 5.56 Å². The van der Waals surface area contributed by atoms with Gasteiger partial charge in [0.1, 0.15) is 6.07 Å². The molecule has 0 atom stereocenters. The van der Waals surface area contributed by atoms with Gasteiger partial charge in [-0.25, -0.2) is 0 Å². The Morgan fingerprint density at radius 2 is 2.15 bits per heavy atom. The molecule has 0 fully saturated rings. The van der Waals surface area contributed by atoms with Crippen LogP contribution in [-0.4, -0.2) is 5.78 Å². The van der Waals surface area contributed by atoms with Crippen molar-refractivity contribution in [2.75, 3.05) is 0 Å². The maximum atomic E-state index is 11.1. The molecule has 0 unspecified atom stereocenters. The molecule has 1 aromatic rings. The highest BCUT2D eigenvalue weighted by Gasteiger charge is 2.08. The van der Waals surface area contributed by atoms with Crippen molar-refractivity contribution in [2.45, 2.75) is 13.8 Å². The third-order valence-corrected chi connectivity index (χ3v) is 2.71. The third-order valence-electron chi connectivity index (χ3n) is 1.81. The zero-order chi connectivity index (χ0) is 10.0. The zero-order valence-corrected chi connectivity index (χ0v) is 9.55. The lowest BCUT2D eigenvalue weighted by molar-refractivity contribution is 0.101. The molecule has 0 heterocycles. The van der Waals surface area contributed by atoms with Crippen molar-refractivity contribution in [1.82, 2.24) is 0 Å². The third kappa shape index (κ3) is 2.07. The molecule has 0 aromatic heterocycles. The molecule has 0 amide bonds. The predicted octanol–water partition coefficient (Wildman–Crippen LogP) is 2.67. The summed E-state index contributed by atoms with van der Waals surface area (Å²) >= 11 is 2.09. The summed E-state index contributed by atoms with van der Waals surface area (Å²) in [7, 11) is 0. The first-order valence-corrected chi connectivity index (χ1v) is 4.85. The molecule has 0 saturated heterocycles. The molecule has 13 heavy (non-hydrogen) atoms. The highest BCUT2D eigenvalue weighted by Crippen LogP contribution is 2.18. The molecule has 0 saturated carbocycles. The average molecular weight is 285 g/mol. The van der Waals surface area contributed by atoms with Crippen LogP contribution in [0.2, 0.25) is 0 Å². The summed E-state index contributed by atoms with van der Waals surface area (Å²) in [5, 5.41) is 8.75. The SMILES string of the molecule is CC(=O)c1cc(C#N)c(I)cc1C. The number of nitriles is 1. The Morgan fingerprint density at radius 3 is 2.62 bits per heavy atom. The van der Waals surface area contributed by atoms with Crippen LogP contribution in [-0.2, 0) is 0 Å². The molecule has 2 nitrogen and oxygen atoms in total. The van der Waals surface area contributed by atoms with Gasteiger partial charge < -0.3 is 0 Å². The molecule has 0 radical (unpaired) electrons. The summed E-state index contributed by atoms with van der Waals surface area (Å²) in [6.45, 7) is 3.39. The van der Waals surface area contributed by atoms with Crippen LogP contribution in [0.15, 0.2) is 12.1 Å². The first-order chi connectivity index (χ1) is 6.06. The van der Waals surface area contributed by atoms with E-state index in [2.05, 4.69) is 28.7 Å². The Hall–Kier alpha value is -0.890. The van der Waals surface area contributed by atoms with E-state index in [1.54, 1.807) is 6.07 Å². The van der Waals surface area contributed by atoms with Gasteiger partial charge in [0, 0.05) is 9.13 Å². The van der Waals surface area contributed by atoms with E-state index in [1.165, 1.54) is 6.92 Å². The summed E-state index contributed by atoms with van der Waals surface area (Å²) in [6.07, 6.45) is 0. The van der Waals surface area contributed by atoms with E-state index in [1.807, 2.05) is 13.0 Å². The van der Waals surface area contributed by atoms with Gasteiger partial charge >= 0.3 is 0 Å². The van der Waals surface area contributed by atoms with Crippen molar-refractivity contribution in [3.63, 3.8) is 0 Å². The Kier molecular flexibility index (Phi) is 3.04. The normalized spacial score (nSPS) is 9.38. The molecule has 0 N–H and O–H groups in total. The summed E-state index contributed by atoms with van der Waals surface area (Å²) in [4.78, 5) is 11.1. The first kappa shape index (κ1) is 10.2. The lowest BCUT2D eigenvalue weighted by Crippen LogP contribution is -1.98. The number of aryl methyl sites for hydroxylation is 1. The molecule has 0 spiro atoms. The number of hydrogen-bond donors (Lipinski definition) is 0. The lowest BCUT2D eigenvalue weighted by atomic mass is 10.0. The van der Waals surface area contributed by atoms with Crippen LogP contribution in [0.25, 0.3) is 0 Å². The van der Waals surface area contributed by atoms with Gasteiger partial charge in [0.25, 0.3) is 0 Å². The number of hydrogen-bond acceptors (Lipinski definition) is 2. The molecule has 0 aliphatic heterocycles. The van der Waals surface area contributed by atoms with Gasteiger partial charge in [-0.1, -0.05) is 0 Å². The number of carbonyl (C=O) groups excluding carboxylic acids is 1. The Balaban J connectivity index is 3.41. The molecule has 0 aliphatic carbocycles. The predicted molar refractivity (Wildman–Crippen MR) is 58.6 cm³/mol. The minimum atomic E-state index is 0.00500. The molecule has 1 rings (SSSR count). The van der Waals surface area contributed by atoms with Crippen LogP contribution in [0.1, 0.15) is 28.4 Å². The van der Waals surface area contributed by atoms with Crippen LogP contribution in [0.4, 0.5) is 0 Å². The Morgan fingerprint density at radius 1 is 1.54 bits per heavy atom. The Bertz CT molecular complexity index is 404. The maximum Gasteiger partial charge on any atom is 0.160 e. The molecule has 0 bridgehead atoms. The highest BCUT2D eigenvalue weighted by atomic mass is 127. The topological polar surface area (TPSA) is 40.9 Å². The van der Waals surface area contributed by atoms with E-state index in [-0.39, 0.29) is 5.78 Å². The van der Waals surface area contributed by atoms with E-state index < -0.39 is 0 Å². The van der Waals surface area contributed by atoms with Gasteiger partial charge in [-0.05, 0) is 54.1 Å². The minimum Gasteiger partial charge on any atom is -0.295 e. The van der Waals surface area contributed by atoms with Crippen molar-refractivity contribution < 1.29 is 4.79 Å². The number of ketones is 1. The number of benzene rings is 1. The second-order valence-electron chi connectivity index (χ2n) is 2.81. The molecular weight excluding hydrogens is 277 g/mol. The van der Waals surface area contributed by atoms with Gasteiger partial charge in [-0.15, -0.1) is 0 Å². The lowest BCUT2D eigenvalue weighted by Gasteiger charge is -2.03. The fraction of sp³-hybridized carbons (Fsp3) is 0.200. The fourth-order valence-corrected chi connectivity index (χ4v) is 1.88. The second-order valence-corrected chi connectivity index (χ2v) is 3.98. The molecule has 3 heteroatoms. The summed E-state index contributed by atoms with van der Waals surface area (Å²) < 4.78 is 0.891. The molecule has 0 aliphatic rings. The van der Waals surface area contributed by atoms with Crippen molar-refractivity contribution in [3.8, 4) is 6.07 Å². The number of rotatable bonds is 1. The summed E-state index contributed by atoms with van der Waals surface area (Å²) in [5.41, 5.74) is 2.13. The van der Waals surface area contributed by atoms with Crippen molar-refractivity contribution in [2.24, 2.45) is 0 Å². The van der Waals surface area contributed by atoms with E-state index in [9.17, 15) is 4.79 Å². The van der Waals surface area contributed by atoms with Crippen LogP contribution in [0.5, 0.6) is 0 Å². The van der Waals surface area contributed by atoms with Crippen LogP contribution >= 0.6 is 22.6 Å². The largest absolute Gasteiger partial charge is 0.295 e. The number of nitrogens with zero attached hydrogens (tertiary/aromatic N) is 1. The van der Waals surface area contributed by atoms with Crippen LogP contribution < -0.4 is 0 Å². The van der Waals surface area contributed by atoms with E-state index >= 15 is 0 Å². The van der Waals surface area contributed by atoms with E-state index in [4.69, 9.17) is 5.26 Å². The smallest absolute Gasteiger partial charge is 0.160 e. The minimum absolute atomic E-state index is 0.00500. The molecular formula is C10H8INO. The van der Waals surface area contributed by atoms with Gasteiger partial charge in [-0.3, -0.25) is 4.79 Å². The standard InChI is InChI=1S/C10H8INO/c1-6-3-10(11)8(5-12)4-9(6)7(2)13/h3-4H,1-2H3.